The molecule has 1 N–H and O–H groups in total. The number of nitrogens with one attached hydrogen (secondary N) is 1. The summed E-state index contributed by atoms with van der Waals surface area (Å²) in [5.41, 5.74) is 1.61. The maximum atomic E-state index is 12.8. The van der Waals surface area contributed by atoms with E-state index in [1.807, 2.05) is 25.1 Å². The van der Waals surface area contributed by atoms with Crippen LogP contribution in [0.5, 0.6) is 5.75 Å². The first kappa shape index (κ1) is 20.1. The summed E-state index contributed by atoms with van der Waals surface area (Å²) >= 11 is 0. The molecule has 3 rings (SSSR count). The van der Waals surface area contributed by atoms with Crippen molar-refractivity contribution in [1.82, 2.24) is 5.16 Å². The molecule has 7 nitrogen and oxygen atoms in total. The number of amides is 1. The van der Waals surface area contributed by atoms with Crippen molar-refractivity contribution in [2.24, 2.45) is 0 Å². The third-order valence-electron chi connectivity index (χ3n) is 4.12. The SMILES string of the molecule is Cc1ccc(OC(C)C(=O)OC(C(=O)Nc2cc(C)on2)c2ccccc2)cc1. The van der Waals surface area contributed by atoms with Crippen LogP contribution in [-0.4, -0.2) is 23.1 Å². The molecule has 0 aliphatic carbocycles. The Morgan fingerprint density at radius 1 is 1.03 bits per heavy atom. The minimum atomic E-state index is -1.16. The molecule has 0 radical (unpaired) electrons. The first-order valence-electron chi connectivity index (χ1n) is 9.15. The van der Waals surface area contributed by atoms with Gasteiger partial charge in [0.15, 0.2) is 11.9 Å². The fourth-order valence-electron chi connectivity index (χ4n) is 2.60. The predicted molar refractivity (Wildman–Crippen MR) is 106 cm³/mol. The molecule has 2 unspecified atom stereocenters. The summed E-state index contributed by atoms with van der Waals surface area (Å²) in [5.74, 6) is 0.132. The third-order valence-corrected chi connectivity index (χ3v) is 4.12. The van der Waals surface area contributed by atoms with Gasteiger partial charge in [0.05, 0.1) is 0 Å². The van der Waals surface area contributed by atoms with E-state index >= 15 is 0 Å². The highest BCUT2D eigenvalue weighted by atomic mass is 16.6. The van der Waals surface area contributed by atoms with E-state index in [0.29, 0.717) is 17.1 Å². The summed E-state index contributed by atoms with van der Waals surface area (Å²) < 4.78 is 16.1. The number of carbonyl (C=O) groups excluding carboxylic acids is 2. The molecule has 0 spiro atoms. The van der Waals surface area contributed by atoms with Crippen LogP contribution in [0.15, 0.2) is 65.2 Å². The van der Waals surface area contributed by atoms with Crippen molar-refractivity contribution >= 4 is 17.7 Å². The van der Waals surface area contributed by atoms with E-state index in [9.17, 15) is 9.59 Å². The van der Waals surface area contributed by atoms with Gasteiger partial charge in [-0.1, -0.05) is 53.2 Å². The number of rotatable bonds is 7. The van der Waals surface area contributed by atoms with Crippen LogP contribution in [0, 0.1) is 13.8 Å². The van der Waals surface area contributed by atoms with Gasteiger partial charge < -0.3 is 19.3 Å². The molecule has 7 heteroatoms. The number of hydrogen-bond donors (Lipinski definition) is 1. The second kappa shape index (κ2) is 9.05. The molecular formula is C22H22N2O5. The normalized spacial score (nSPS) is 12.7. The van der Waals surface area contributed by atoms with Crippen molar-refractivity contribution in [3.8, 4) is 5.75 Å². The van der Waals surface area contributed by atoms with E-state index in [4.69, 9.17) is 14.0 Å². The molecule has 0 saturated carbocycles. The van der Waals surface area contributed by atoms with E-state index in [0.717, 1.165) is 5.56 Å². The summed E-state index contributed by atoms with van der Waals surface area (Å²) in [5, 5.41) is 6.34. The molecule has 0 fully saturated rings. The lowest BCUT2D eigenvalue weighted by molar-refractivity contribution is -0.161. The molecule has 2 atom stereocenters. The van der Waals surface area contributed by atoms with Crippen molar-refractivity contribution in [1.29, 1.82) is 0 Å². The van der Waals surface area contributed by atoms with Crippen molar-refractivity contribution < 1.29 is 23.6 Å². The highest BCUT2D eigenvalue weighted by Gasteiger charge is 2.29. The standard InChI is InChI=1S/C22H22N2O5/c1-14-9-11-18(12-10-14)27-16(3)22(26)28-20(17-7-5-4-6-8-17)21(25)23-19-13-15(2)29-24-19/h4-13,16,20H,1-3H3,(H,23,24,25). The zero-order valence-corrected chi connectivity index (χ0v) is 16.4. The van der Waals surface area contributed by atoms with Gasteiger partial charge in [0.1, 0.15) is 11.5 Å². The summed E-state index contributed by atoms with van der Waals surface area (Å²) in [7, 11) is 0. The Bertz CT molecular complexity index is 966. The van der Waals surface area contributed by atoms with Crippen LogP contribution in [0.3, 0.4) is 0 Å². The van der Waals surface area contributed by atoms with Gasteiger partial charge in [-0.3, -0.25) is 4.79 Å². The van der Waals surface area contributed by atoms with E-state index < -0.39 is 24.1 Å². The summed E-state index contributed by atoms with van der Waals surface area (Å²) in [6.45, 7) is 5.24. The Morgan fingerprint density at radius 2 is 1.72 bits per heavy atom. The highest BCUT2D eigenvalue weighted by molar-refractivity contribution is 5.95. The van der Waals surface area contributed by atoms with Crippen LogP contribution in [0.4, 0.5) is 5.82 Å². The Morgan fingerprint density at radius 3 is 2.34 bits per heavy atom. The van der Waals surface area contributed by atoms with Crippen LogP contribution < -0.4 is 10.1 Å². The molecule has 3 aromatic rings. The maximum Gasteiger partial charge on any atom is 0.348 e. The minimum absolute atomic E-state index is 0.244. The average Bonchev–Trinajstić information content (AvgIpc) is 3.12. The summed E-state index contributed by atoms with van der Waals surface area (Å²) in [4.78, 5) is 25.4. The fourth-order valence-corrected chi connectivity index (χ4v) is 2.60. The Kier molecular flexibility index (Phi) is 6.29. The zero-order valence-electron chi connectivity index (χ0n) is 16.4. The lowest BCUT2D eigenvalue weighted by Gasteiger charge is -2.20. The fraction of sp³-hybridized carbons (Fsp3) is 0.227. The molecule has 0 saturated heterocycles. The van der Waals surface area contributed by atoms with Gasteiger partial charge in [0.25, 0.3) is 5.91 Å². The quantitative estimate of drug-likeness (QED) is 0.610. The van der Waals surface area contributed by atoms with Gasteiger partial charge in [0.2, 0.25) is 6.10 Å². The number of ether oxygens (including phenoxy) is 2. The lowest BCUT2D eigenvalue weighted by Crippen LogP contribution is -2.32. The van der Waals surface area contributed by atoms with Gasteiger partial charge in [-0.15, -0.1) is 0 Å². The number of hydrogen-bond acceptors (Lipinski definition) is 6. The van der Waals surface area contributed by atoms with Gasteiger partial charge in [0, 0.05) is 11.6 Å². The Labute approximate surface area is 168 Å². The Hall–Kier alpha value is -3.61. The van der Waals surface area contributed by atoms with E-state index in [1.54, 1.807) is 56.3 Å². The van der Waals surface area contributed by atoms with Gasteiger partial charge in [-0.25, -0.2) is 4.79 Å². The molecule has 29 heavy (non-hydrogen) atoms. The second-order valence-corrected chi connectivity index (χ2v) is 6.61. The average molecular weight is 394 g/mol. The zero-order chi connectivity index (χ0) is 20.8. The van der Waals surface area contributed by atoms with E-state index in [-0.39, 0.29) is 5.82 Å². The number of benzene rings is 2. The van der Waals surface area contributed by atoms with Crippen LogP contribution in [0.1, 0.15) is 29.9 Å². The third kappa shape index (κ3) is 5.44. The maximum absolute atomic E-state index is 12.8. The van der Waals surface area contributed by atoms with Gasteiger partial charge in [-0.05, 0) is 32.9 Å². The molecular weight excluding hydrogens is 372 g/mol. The van der Waals surface area contributed by atoms with E-state index in [1.165, 1.54) is 0 Å². The summed E-state index contributed by atoms with van der Waals surface area (Å²) in [6, 6.07) is 17.6. The predicted octanol–water partition coefficient (Wildman–Crippen LogP) is 3.98. The van der Waals surface area contributed by atoms with Gasteiger partial charge in [-0.2, -0.15) is 0 Å². The number of carbonyl (C=O) groups is 2. The molecule has 1 aromatic heterocycles. The minimum Gasteiger partial charge on any atom is -0.479 e. The van der Waals surface area contributed by atoms with Crippen molar-refractivity contribution in [2.45, 2.75) is 33.0 Å². The molecule has 0 bridgehead atoms. The molecule has 1 heterocycles. The van der Waals surface area contributed by atoms with Gasteiger partial charge >= 0.3 is 5.97 Å². The van der Waals surface area contributed by atoms with Crippen LogP contribution in [-0.2, 0) is 14.3 Å². The molecule has 2 aromatic carbocycles. The monoisotopic (exact) mass is 394 g/mol. The molecule has 0 aliphatic heterocycles. The second-order valence-electron chi connectivity index (χ2n) is 6.61. The molecule has 0 aliphatic rings. The number of anilines is 1. The summed E-state index contributed by atoms with van der Waals surface area (Å²) in [6.07, 6.45) is -2.06. The van der Waals surface area contributed by atoms with E-state index in [2.05, 4.69) is 10.5 Å². The largest absolute Gasteiger partial charge is 0.479 e. The Balaban J connectivity index is 1.72. The number of esters is 1. The van der Waals surface area contributed by atoms with Crippen LogP contribution in [0.25, 0.3) is 0 Å². The van der Waals surface area contributed by atoms with Crippen molar-refractivity contribution in [3.05, 3.63) is 77.6 Å². The number of aromatic nitrogens is 1. The molecule has 1 amide bonds. The smallest absolute Gasteiger partial charge is 0.348 e. The van der Waals surface area contributed by atoms with Crippen LogP contribution >= 0.6 is 0 Å². The number of nitrogens with zero attached hydrogens (tertiary/aromatic N) is 1. The topological polar surface area (TPSA) is 90.7 Å². The molecule has 150 valence electrons. The first-order chi connectivity index (χ1) is 13.9. The lowest BCUT2D eigenvalue weighted by atomic mass is 10.1. The van der Waals surface area contributed by atoms with Crippen molar-refractivity contribution in [3.63, 3.8) is 0 Å². The van der Waals surface area contributed by atoms with Crippen LogP contribution in [0.2, 0.25) is 0 Å². The number of aryl methyl sites for hydroxylation is 2. The highest BCUT2D eigenvalue weighted by Crippen LogP contribution is 2.22. The van der Waals surface area contributed by atoms with Crippen molar-refractivity contribution in [2.75, 3.05) is 5.32 Å². The first-order valence-corrected chi connectivity index (χ1v) is 9.15.